The van der Waals surface area contributed by atoms with Crippen LogP contribution < -0.4 is 0 Å². The normalized spacial score (nSPS) is 25.8. The largest absolute Gasteiger partial charge is 0.337 e. The van der Waals surface area contributed by atoms with Crippen LogP contribution in [0.15, 0.2) is 0 Å². The van der Waals surface area contributed by atoms with E-state index in [1.165, 1.54) is 14.2 Å². The Balaban J connectivity index is 2.47. The average molecular weight is 266 g/mol. The summed E-state index contributed by atoms with van der Waals surface area (Å²) in [6.45, 7) is -0.310. The Morgan fingerprint density at radius 1 is 1.24 bits per heavy atom. The van der Waals surface area contributed by atoms with E-state index in [4.69, 9.17) is 9.05 Å². The van der Waals surface area contributed by atoms with E-state index in [0.29, 0.717) is 12.8 Å². The third-order valence-corrected chi connectivity index (χ3v) is 5.24. The van der Waals surface area contributed by atoms with Crippen LogP contribution in [0.3, 0.4) is 0 Å². The molecule has 0 saturated heterocycles. The molecule has 1 aliphatic rings. The van der Waals surface area contributed by atoms with Gasteiger partial charge < -0.3 is 9.05 Å². The molecule has 4 nitrogen and oxygen atoms in total. The molecule has 100 valence electrons. The van der Waals surface area contributed by atoms with Gasteiger partial charge in [-0.2, -0.15) is 0 Å². The molecule has 0 aromatic rings. The van der Waals surface area contributed by atoms with Crippen LogP contribution in [-0.2, 0) is 18.4 Å². The van der Waals surface area contributed by atoms with Crippen LogP contribution in [0.4, 0.5) is 4.39 Å². The van der Waals surface area contributed by atoms with Crippen LogP contribution in [0.1, 0.15) is 25.7 Å². The first kappa shape index (κ1) is 14.8. The molecular formula is C11H20FO4P. The first-order chi connectivity index (χ1) is 8.04. The summed E-state index contributed by atoms with van der Waals surface area (Å²) in [6.07, 6.45) is 2.65. The zero-order valence-corrected chi connectivity index (χ0v) is 11.2. The second kappa shape index (κ2) is 6.62. The van der Waals surface area contributed by atoms with Crippen molar-refractivity contribution in [1.82, 2.24) is 0 Å². The fraction of sp³-hybridized carbons (Fsp3) is 0.909. The lowest BCUT2D eigenvalue weighted by molar-refractivity contribution is -0.121. The Morgan fingerprint density at radius 3 is 2.18 bits per heavy atom. The van der Waals surface area contributed by atoms with Crippen molar-refractivity contribution < 1.29 is 22.8 Å². The summed E-state index contributed by atoms with van der Waals surface area (Å²) >= 11 is 0. The lowest BCUT2D eigenvalue weighted by Crippen LogP contribution is -2.25. The van der Waals surface area contributed by atoms with Crippen molar-refractivity contribution in [3.05, 3.63) is 0 Å². The number of hydrogen-bond donors (Lipinski definition) is 0. The number of halogens is 1. The van der Waals surface area contributed by atoms with Gasteiger partial charge in [0.1, 0.15) is 11.9 Å². The van der Waals surface area contributed by atoms with E-state index in [1.807, 2.05) is 0 Å². The number of hydrogen-bond acceptors (Lipinski definition) is 4. The summed E-state index contributed by atoms with van der Waals surface area (Å²) in [7, 11) is -0.699. The van der Waals surface area contributed by atoms with Gasteiger partial charge in [-0.25, -0.2) is 0 Å². The molecule has 0 aliphatic heterocycles. The number of Topliss-reactive ketones (excluding diaryl/α,β-unsaturated/α-hetero) is 1. The molecule has 0 heterocycles. The van der Waals surface area contributed by atoms with E-state index in [1.54, 1.807) is 0 Å². The van der Waals surface area contributed by atoms with Crippen molar-refractivity contribution in [2.75, 3.05) is 27.1 Å². The molecule has 1 aliphatic carbocycles. The molecule has 0 bridgehead atoms. The minimum absolute atomic E-state index is 0.0886. The van der Waals surface area contributed by atoms with Crippen molar-refractivity contribution in [2.45, 2.75) is 25.7 Å². The van der Waals surface area contributed by atoms with Gasteiger partial charge in [0.2, 0.25) is 0 Å². The van der Waals surface area contributed by atoms with Gasteiger partial charge in [0.15, 0.2) is 0 Å². The minimum Gasteiger partial charge on any atom is -0.312 e. The predicted molar refractivity (Wildman–Crippen MR) is 62.9 cm³/mol. The van der Waals surface area contributed by atoms with Crippen molar-refractivity contribution >= 4 is 13.4 Å². The first-order valence-electron chi connectivity index (χ1n) is 5.84. The zero-order chi connectivity index (χ0) is 12.9. The Bertz CT molecular complexity index is 292. The van der Waals surface area contributed by atoms with Gasteiger partial charge in [-0.1, -0.05) is 0 Å². The molecule has 0 aromatic carbocycles. The number of carbonyl (C=O) groups excluding carboxylic acids is 1. The van der Waals surface area contributed by atoms with E-state index in [9.17, 15) is 13.8 Å². The molecule has 0 spiro atoms. The number of carbonyl (C=O) groups is 1. The number of rotatable bonds is 6. The van der Waals surface area contributed by atoms with Crippen molar-refractivity contribution in [3.8, 4) is 0 Å². The molecule has 0 N–H and O–H groups in total. The van der Waals surface area contributed by atoms with Gasteiger partial charge >= 0.3 is 7.60 Å². The number of ketones is 1. The molecule has 1 saturated carbocycles. The van der Waals surface area contributed by atoms with E-state index in [2.05, 4.69) is 0 Å². The van der Waals surface area contributed by atoms with Gasteiger partial charge in [0.25, 0.3) is 0 Å². The Kier molecular flexibility index (Phi) is 5.77. The van der Waals surface area contributed by atoms with Gasteiger partial charge in [-0.3, -0.25) is 13.8 Å². The topological polar surface area (TPSA) is 52.6 Å². The van der Waals surface area contributed by atoms with Crippen molar-refractivity contribution in [3.63, 3.8) is 0 Å². The van der Waals surface area contributed by atoms with Gasteiger partial charge in [0.05, 0.1) is 6.67 Å². The average Bonchev–Trinajstić information content (AvgIpc) is 2.38. The lowest BCUT2D eigenvalue weighted by Gasteiger charge is -2.26. The van der Waals surface area contributed by atoms with Crippen LogP contribution in [0.25, 0.3) is 0 Å². The monoisotopic (exact) mass is 266 g/mol. The highest BCUT2D eigenvalue weighted by molar-refractivity contribution is 7.54. The fourth-order valence-corrected chi connectivity index (χ4v) is 3.21. The van der Waals surface area contributed by atoms with Crippen LogP contribution >= 0.6 is 7.60 Å². The zero-order valence-electron chi connectivity index (χ0n) is 10.4. The molecule has 0 atom stereocenters. The molecule has 0 aromatic heterocycles. The van der Waals surface area contributed by atoms with Gasteiger partial charge in [-0.05, 0) is 31.6 Å². The maximum absolute atomic E-state index is 12.4. The quantitative estimate of drug-likeness (QED) is 0.694. The lowest BCUT2D eigenvalue weighted by atomic mass is 9.81. The summed E-state index contributed by atoms with van der Waals surface area (Å²) in [4.78, 5) is 11.9. The molecule has 0 amide bonds. The summed E-state index contributed by atoms with van der Waals surface area (Å²) in [5.74, 6) is -0.110. The third kappa shape index (κ3) is 4.16. The van der Waals surface area contributed by atoms with E-state index in [0.717, 1.165) is 12.8 Å². The van der Waals surface area contributed by atoms with Crippen LogP contribution in [0.5, 0.6) is 0 Å². The highest BCUT2D eigenvalue weighted by atomic mass is 31.2. The summed E-state index contributed by atoms with van der Waals surface area (Å²) in [6, 6.07) is 0. The van der Waals surface area contributed by atoms with Gasteiger partial charge in [-0.15, -0.1) is 0 Å². The molecule has 1 rings (SSSR count). The van der Waals surface area contributed by atoms with Crippen LogP contribution in [0, 0.1) is 11.8 Å². The van der Waals surface area contributed by atoms with Crippen LogP contribution in [-0.4, -0.2) is 32.8 Å². The highest BCUT2D eigenvalue weighted by Gasteiger charge is 2.32. The molecular weight excluding hydrogens is 246 g/mol. The Morgan fingerprint density at radius 2 is 1.76 bits per heavy atom. The molecule has 0 unspecified atom stereocenters. The molecule has 0 radical (unpaired) electrons. The summed E-state index contributed by atoms with van der Waals surface area (Å²) < 4.78 is 33.7. The highest BCUT2D eigenvalue weighted by Crippen LogP contribution is 2.47. The third-order valence-electron chi connectivity index (χ3n) is 3.43. The Hall–Kier alpha value is -0.250. The smallest absolute Gasteiger partial charge is 0.312 e. The van der Waals surface area contributed by atoms with Crippen molar-refractivity contribution in [2.24, 2.45) is 11.8 Å². The summed E-state index contributed by atoms with van der Waals surface area (Å²) in [5.41, 5.74) is 0. The maximum atomic E-state index is 12.4. The van der Waals surface area contributed by atoms with E-state index >= 15 is 0 Å². The van der Waals surface area contributed by atoms with E-state index < -0.39 is 7.60 Å². The summed E-state index contributed by atoms with van der Waals surface area (Å²) in [5, 5.41) is 0. The SMILES string of the molecule is COP(=O)(CC(=O)C1CCC(CF)CC1)OC. The molecule has 17 heavy (non-hydrogen) atoms. The first-order valence-corrected chi connectivity index (χ1v) is 7.56. The fourth-order valence-electron chi connectivity index (χ4n) is 2.16. The van der Waals surface area contributed by atoms with Crippen LogP contribution in [0.2, 0.25) is 0 Å². The van der Waals surface area contributed by atoms with E-state index in [-0.39, 0.29) is 30.5 Å². The second-order valence-electron chi connectivity index (χ2n) is 4.47. The van der Waals surface area contributed by atoms with Gasteiger partial charge in [0, 0.05) is 20.1 Å². The molecule has 6 heteroatoms. The Labute approximate surface area is 101 Å². The maximum Gasteiger partial charge on any atom is 0.337 e. The second-order valence-corrected chi connectivity index (χ2v) is 6.74. The molecule has 1 fully saturated rings. The minimum atomic E-state index is -3.25. The number of alkyl halides is 1. The van der Waals surface area contributed by atoms with Crippen molar-refractivity contribution in [1.29, 1.82) is 0 Å². The standard InChI is InChI=1S/C11H20FO4P/c1-15-17(14,16-2)8-11(13)10-5-3-9(7-12)4-6-10/h9-10H,3-8H2,1-2H3. The predicted octanol–water partition coefficient (Wildman–Crippen LogP) is 2.82.